The predicted molar refractivity (Wildman–Crippen MR) is 35.1 cm³/mol. The van der Waals surface area contributed by atoms with E-state index in [0.29, 0.717) is 0 Å². The molecular formula is C4H8BrClO. The van der Waals surface area contributed by atoms with E-state index in [0.717, 1.165) is 5.33 Å². The maximum Gasteiger partial charge on any atom is 0.121 e. The summed E-state index contributed by atoms with van der Waals surface area (Å²) in [6, 6.07) is 0.284. The fraction of sp³-hybridized carbons (Fsp3) is 1.00. The van der Waals surface area contributed by atoms with E-state index >= 15 is 0 Å². The second-order valence-electron chi connectivity index (χ2n) is 1.24. The highest BCUT2D eigenvalue weighted by Crippen LogP contribution is 1.95. The zero-order valence-corrected chi connectivity index (χ0v) is 6.50. The Kier molecular flexibility index (Phi) is 5.39. The van der Waals surface area contributed by atoms with Crippen LogP contribution in [0, 0.1) is 0 Å². The summed E-state index contributed by atoms with van der Waals surface area (Å²) < 4.78 is 4.91. The van der Waals surface area contributed by atoms with Crippen molar-refractivity contribution in [2.24, 2.45) is 0 Å². The van der Waals surface area contributed by atoms with Gasteiger partial charge in [-0.2, -0.15) is 0 Å². The van der Waals surface area contributed by atoms with E-state index < -0.39 is 0 Å². The molecule has 0 fully saturated rings. The van der Waals surface area contributed by atoms with Crippen molar-refractivity contribution in [2.45, 2.75) is 13.0 Å². The van der Waals surface area contributed by atoms with Gasteiger partial charge in [-0.25, -0.2) is 0 Å². The van der Waals surface area contributed by atoms with E-state index in [1.807, 2.05) is 6.92 Å². The van der Waals surface area contributed by atoms with E-state index in [2.05, 4.69) is 15.9 Å². The van der Waals surface area contributed by atoms with Gasteiger partial charge in [-0.1, -0.05) is 27.5 Å². The number of ether oxygens (including phenoxy) is 1. The first-order chi connectivity index (χ1) is 3.31. The van der Waals surface area contributed by atoms with Crippen LogP contribution in [-0.2, 0) is 4.74 Å². The lowest BCUT2D eigenvalue weighted by molar-refractivity contribution is 0.121. The Morgan fingerprint density at radius 2 is 2.43 bits per heavy atom. The molecule has 0 unspecified atom stereocenters. The zero-order chi connectivity index (χ0) is 5.70. The van der Waals surface area contributed by atoms with Gasteiger partial charge in [0, 0.05) is 5.33 Å². The van der Waals surface area contributed by atoms with Crippen LogP contribution in [0.3, 0.4) is 0 Å². The standard InChI is InChI=1S/C4H8BrClO/c1-4(2-5)7-3-6/h4H,2-3H2,1H3/t4-/m1/s1. The monoisotopic (exact) mass is 186 g/mol. The summed E-state index contributed by atoms with van der Waals surface area (Å²) in [5.41, 5.74) is 0. The highest BCUT2D eigenvalue weighted by atomic mass is 79.9. The summed E-state index contributed by atoms with van der Waals surface area (Å²) in [6.07, 6.45) is 0.234. The van der Waals surface area contributed by atoms with Crippen LogP contribution in [-0.4, -0.2) is 17.5 Å². The van der Waals surface area contributed by atoms with Gasteiger partial charge in [0.15, 0.2) is 0 Å². The molecule has 0 aromatic heterocycles. The molecule has 0 saturated heterocycles. The molecule has 0 N–H and O–H groups in total. The quantitative estimate of drug-likeness (QED) is 0.614. The van der Waals surface area contributed by atoms with E-state index in [1.54, 1.807) is 0 Å². The minimum atomic E-state index is 0.234. The van der Waals surface area contributed by atoms with E-state index in [9.17, 15) is 0 Å². The molecule has 0 aliphatic rings. The first-order valence-corrected chi connectivity index (χ1v) is 3.70. The Morgan fingerprint density at radius 3 is 2.57 bits per heavy atom. The van der Waals surface area contributed by atoms with E-state index in [-0.39, 0.29) is 12.2 Å². The van der Waals surface area contributed by atoms with Crippen LogP contribution < -0.4 is 0 Å². The molecule has 1 nitrogen and oxygen atoms in total. The van der Waals surface area contributed by atoms with Gasteiger partial charge in [-0.15, -0.1) is 0 Å². The van der Waals surface area contributed by atoms with Crippen LogP contribution in [0.25, 0.3) is 0 Å². The molecule has 0 aromatic rings. The molecule has 0 aromatic carbocycles. The average molecular weight is 187 g/mol. The topological polar surface area (TPSA) is 9.23 Å². The lowest BCUT2D eigenvalue weighted by Gasteiger charge is -2.03. The Labute approximate surface area is 57.1 Å². The minimum Gasteiger partial charge on any atom is -0.362 e. The van der Waals surface area contributed by atoms with Crippen molar-refractivity contribution in [1.82, 2.24) is 0 Å². The molecular weight excluding hydrogens is 179 g/mol. The summed E-state index contributed by atoms with van der Waals surface area (Å²) in [6.45, 7) is 1.96. The largest absolute Gasteiger partial charge is 0.362 e. The van der Waals surface area contributed by atoms with Crippen molar-refractivity contribution in [3.05, 3.63) is 0 Å². The summed E-state index contributed by atoms with van der Waals surface area (Å²) in [5.74, 6) is 0. The van der Waals surface area contributed by atoms with E-state index in [1.165, 1.54) is 0 Å². The highest BCUT2D eigenvalue weighted by Gasteiger charge is 1.94. The first-order valence-electron chi connectivity index (χ1n) is 2.04. The molecule has 0 rings (SSSR count). The molecule has 7 heavy (non-hydrogen) atoms. The van der Waals surface area contributed by atoms with Gasteiger partial charge < -0.3 is 4.74 Å². The lowest BCUT2D eigenvalue weighted by atomic mass is 10.5. The number of hydrogen-bond acceptors (Lipinski definition) is 1. The summed E-state index contributed by atoms with van der Waals surface area (Å²) in [4.78, 5) is 0. The molecule has 0 saturated carbocycles. The predicted octanol–water partition coefficient (Wildman–Crippen LogP) is 1.98. The van der Waals surface area contributed by atoms with Gasteiger partial charge in [-0.3, -0.25) is 0 Å². The van der Waals surface area contributed by atoms with Crippen LogP contribution in [0.4, 0.5) is 0 Å². The smallest absolute Gasteiger partial charge is 0.121 e. The number of alkyl halides is 2. The second-order valence-corrected chi connectivity index (χ2v) is 2.11. The third-order valence-corrected chi connectivity index (χ3v) is 1.60. The number of rotatable bonds is 3. The maximum atomic E-state index is 5.23. The third-order valence-electron chi connectivity index (χ3n) is 0.565. The van der Waals surface area contributed by atoms with Gasteiger partial charge in [0.05, 0.1) is 6.10 Å². The molecule has 0 radical (unpaired) electrons. The molecule has 0 amide bonds. The number of hydrogen-bond donors (Lipinski definition) is 0. The van der Waals surface area contributed by atoms with Gasteiger partial charge in [0.25, 0.3) is 0 Å². The van der Waals surface area contributed by atoms with Crippen LogP contribution in [0.1, 0.15) is 6.92 Å². The first kappa shape index (κ1) is 7.73. The van der Waals surface area contributed by atoms with Crippen molar-refractivity contribution < 1.29 is 4.74 Å². The van der Waals surface area contributed by atoms with Gasteiger partial charge in [-0.05, 0) is 6.92 Å². The van der Waals surface area contributed by atoms with Crippen molar-refractivity contribution in [2.75, 3.05) is 11.4 Å². The summed E-state index contributed by atoms with van der Waals surface area (Å²) >= 11 is 8.46. The maximum absolute atomic E-state index is 5.23. The van der Waals surface area contributed by atoms with Crippen LogP contribution in [0.2, 0.25) is 0 Å². The van der Waals surface area contributed by atoms with Crippen molar-refractivity contribution in [3.8, 4) is 0 Å². The minimum absolute atomic E-state index is 0.234. The van der Waals surface area contributed by atoms with Gasteiger partial charge in [0.1, 0.15) is 6.07 Å². The SMILES string of the molecule is C[C@H](CBr)OCCl. The Hall–Kier alpha value is 0.730. The lowest BCUT2D eigenvalue weighted by Crippen LogP contribution is -2.07. The summed E-state index contributed by atoms with van der Waals surface area (Å²) in [5, 5.41) is 0.847. The average Bonchev–Trinajstić information content (AvgIpc) is 1.68. The Bertz CT molecular complexity index is 42.7. The van der Waals surface area contributed by atoms with E-state index in [4.69, 9.17) is 16.3 Å². The normalized spacial score (nSPS) is 14.1. The zero-order valence-electron chi connectivity index (χ0n) is 4.16. The molecule has 0 bridgehead atoms. The molecule has 1 atom stereocenters. The highest BCUT2D eigenvalue weighted by molar-refractivity contribution is 9.09. The van der Waals surface area contributed by atoms with Crippen LogP contribution in [0.5, 0.6) is 0 Å². The molecule has 0 aliphatic heterocycles. The fourth-order valence-electron chi connectivity index (χ4n) is 0.152. The van der Waals surface area contributed by atoms with Gasteiger partial charge >= 0.3 is 0 Å². The fourth-order valence-corrected chi connectivity index (χ4v) is 0.554. The Morgan fingerprint density at radius 1 is 1.86 bits per heavy atom. The molecule has 0 aliphatic carbocycles. The van der Waals surface area contributed by atoms with Crippen LogP contribution >= 0.6 is 27.5 Å². The second kappa shape index (κ2) is 4.88. The molecule has 0 heterocycles. The number of halogens is 2. The molecule has 0 spiro atoms. The van der Waals surface area contributed by atoms with Crippen LogP contribution in [0.15, 0.2) is 0 Å². The molecule has 3 heteroatoms. The van der Waals surface area contributed by atoms with Gasteiger partial charge in [0.2, 0.25) is 0 Å². The van der Waals surface area contributed by atoms with Crippen molar-refractivity contribution in [3.63, 3.8) is 0 Å². The Balaban J connectivity index is 2.83. The van der Waals surface area contributed by atoms with Crippen molar-refractivity contribution in [1.29, 1.82) is 0 Å². The van der Waals surface area contributed by atoms with Crippen molar-refractivity contribution >= 4 is 27.5 Å². The molecule has 44 valence electrons. The summed E-state index contributed by atoms with van der Waals surface area (Å²) in [7, 11) is 0. The third kappa shape index (κ3) is 4.59.